The minimum atomic E-state index is -0.270. The van der Waals surface area contributed by atoms with Gasteiger partial charge in [-0.05, 0) is 62.0 Å². The van der Waals surface area contributed by atoms with Crippen molar-refractivity contribution in [1.29, 1.82) is 0 Å². The lowest BCUT2D eigenvalue weighted by Gasteiger charge is -2.10. The fourth-order valence-corrected chi connectivity index (χ4v) is 2.30. The van der Waals surface area contributed by atoms with Crippen LogP contribution in [-0.2, 0) is 0 Å². The van der Waals surface area contributed by atoms with Crippen LogP contribution in [-0.4, -0.2) is 23.5 Å². The van der Waals surface area contributed by atoms with Crippen LogP contribution in [0.5, 0.6) is 0 Å². The first kappa shape index (κ1) is 18.6. The van der Waals surface area contributed by atoms with Gasteiger partial charge in [0, 0.05) is 23.4 Å². The van der Waals surface area contributed by atoms with Crippen molar-refractivity contribution >= 4 is 34.8 Å². The SMILES string of the molecule is CCCNC(=O)c1ccc(NC(=S)NC(=O)c2ccc(C)cc2)cc1. The Kier molecular flexibility index (Phi) is 6.65. The average Bonchev–Trinajstić information content (AvgIpc) is 2.60. The van der Waals surface area contributed by atoms with E-state index in [1.807, 2.05) is 26.0 Å². The van der Waals surface area contributed by atoms with Crippen molar-refractivity contribution in [2.24, 2.45) is 0 Å². The Balaban J connectivity index is 1.90. The molecule has 0 aliphatic carbocycles. The van der Waals surface area contributed by atoms with E-state index < -0.39 is 0 Å². The number of amides is 2. The molecule has 0 spiro atoms. The Labute approximate surface area is 152 Å². The van der Waals surface area contributed by atoms with Crippen molar-refractivity contribution in [2.45, 2.75) is 20.3 Å². The van der Waals surface area contributed by atoms with Crippen LogP contribution in [0.3, 0.4) is 0 Å². The zero-order valence-electron chi connectivity index (χ0n) is 14.3. The summed E-state index contributed by atoms with van der Waals surface area (Å²) in [6, 6.07) is 14.1. The lowest BCUT2D eigenvalue weighted by molar-refractivity contribution is 0.0951. The molecule has 130 valence electrons. The van der Waals surface area contributed by atoms with Gasteiger partial charge in [0.15, 0.2) is 5.11 Å². The number of nitrogens with one attached hydrogen (secondary N) is 3. The van der Waals surface area contributed by atoms with E-state index in [2.05, 4.69) is 16.0 Å². The topological polar surface area (TPSA) is 70.2 Å². The van der Waals surface area contributed by atoms with Gasteiger partial charge in [-0.1, -0.05) is 24.6 Å². The van der Waals surface area contributed by atoms with E-state index in [-0.39, 0.29) is 16.9 Å². The van der Waals surface area contributed by atoms with Gasteiger partial charge in [0.05, 0.1) is 0 Å². The van der Waals surface area contributed by atoms with Gasteiger partial charge < -0.3 is 10.6 Å². The van der Waals surface area contributed by atoms with E-state index in [0.29, 0.717) is 23.4 Å². The number of thiocarbonyl (C=S) groups is 1. The molecular weight excluding hydrogens is 334 g/mol. The van der Waals surface area contributed by atoms with E-state index >= 15 is 0 Å². The van der Waals surface area contributed by atoms with Crippen LogP contribution in [0.15, 0.2) is 48.5 Å². The molecule has 0 heterocycles. The van der Waals surface area contributed by atoms with Gasteiger partial charge in [0.25, 0.3) is 11.8 Å². The predicted octanol–water partition coefficient (Wildman–Crippen LogP) is 3.26. The van der Waals surface area contributed by atoms with Crippen molar-refractivity contribution in [3.63, 3.8) is 0 Å². The highest BCUT2D eigenvalue weighted by molar-refractivity contribution is 7.80. The van der Waals surface area contributed by atoms with Crippen LogP contribution < -0.4 is 16.0 Å². The van der Waals surface area contributed by atoms with Gasteiger partial charge in [0.2, 0.25) is 0 Å². The Hall–Kier alpha value is -2.73. The highest BCUT2D eigenvalue weighted by Gasteiger charge is 2.08. The molecule has 0 fully saturated rings. The molecule has 3 N–H and O–H groups in total. The number of aryl methyl sites for hydroxylation is 1. The summed E-state index contributed by atoms with van der Waals surface area (Å²) >= 11 is 5.16. The maximum Gasteiger partial charge on any atom is 0.257 e. The van der Waals surface area contributed by atoms with Gasteiger partial charge in [-0.25, -0.2) is 0 Å². The summed E-state index contributed by atoms with van der Waals surface area (Å²) in [4.78, 5) is 24.0. The molecule has 25 heavy (non-hydrogen) atoms. The zero-order chi connectivity index (χ0) is 18.2. The maximum absolute atomic E-state index is 12.1. The fraction of sp³-hybridized carbons (Fsp3) is 0.211. The van der Waals surface area contributed by atoms with Crippen LogP contribution >= 0.6 is 12.2 Å². The minimum Gasteiger partial charge on any atom is -0.352 e. The van der Waals surface area contributed by atoms with Gasteiger partial charge in [-0.3, -0.25) is 14.9 Å². The van der Waals surface area contributed by atoms with Crippen molar-refractivity contribution in [2.75, 3.05) is 11.9 Å². The van der Waals surface area contributed by atoms with Crippen molar-refractivity contribution in [3.05, 3.63) is 65.2 Å². The van der Waals surface area contributed by atoms with Gasteiger partial charge in [0.1, 0.15) is 0 Å². The Morgan fingerprint density at radius 2 is 1.48 bits per heavy atom. The van der Waals surface area contributed by atoms with Crippen LogP contribution in [0.25, 0.3) is 0 Å². The van der Waals surface area contributed by atoms with E-state index in [9.17, 15) is 9.59 Å². The Morgan fingerprint density at radius 1 is 0.920 bits per heavy atom. The summed E-state index contributed by atoms with van der Waals surface area (Å²) in [7, 11) is 0. The second-order valence-corrected chi connectivity index (χ2v) is 6.02. The fourth-order valence-electron chi connectivity index (χ4n) is 2.09. The monoisotopic (exact) mass is 355 g/mol. The predicted molar refractivity (Wildman–Crippen MR) is 104 cm³/mol. The van der Waals surface area contributed by atoms with Gasteiger partial charge >= 0.3 is 0 Å². The molecule has 0 aliphatic heterocycles. The molecule has 0 bridgehead atoms. The standard InChI is InChI=1S/C19H21N3O2S/c1-3-12-20-17(23)14-8-10-16(11-9-14)21-19(25)22-18(24)15-6-4-13(2)5-7-15/h4-11H,3,12H2,1-2H3,(H,20,23)(H2,21,22,24,25). The van der Waals surface area contributed by atoms with Crippen LogP contribution in [0.1, 0.15) is 39.6 Å². The number of benzene rings is 2. The minimum absolute atomic E-state index is 0.108. The molecule has 0 saturated carbocycles. The second kappa shape index (κ2) is 8.94. The molecule has 0 atom stereocenters. The summed E-state index contributed by atoms with van der Waals surface area (Å²) in [5.74, 6) is -0.378. The lowest BCUT2D eigenvalue weighted by Crippen LogP contribution is -2.34. The number of carbonyl (C=O) groups is 2. The maximum atomic E-state index is 12.1. The number of rotatable bonds is 5. The van der Waals surface area contributed by atoms with Gasteiger partial charge in [-0.15, -0.1) is 0 Å². The van der Waals surface area contributed by atoms with E-state index in [1.165, 1.54) is 0 Å². The number of carbonyl (C=O) groups excluding carboxylic acids is 2. The van der Waals surface area contributed by atoms with Crippen LogP contribution in [0.2, 0.25) is 0 Å². The molecule has 0 unspecified atom stereocenters. The zero-order valence-corrected chi connectivity index (χ0v) is 15.1. The molecule has 0 radical (unpaired) electrons. The van der Waals surface area contributed by atoms with E-state index in [4.69, 9.17) is 12.2 Å². The Bertz CT molecular complexity index is 755. The van der Waals surface area contributed by atoms with Crippen molar-refractivity contribution < 1.29 is 9.59 Å². The summed E-state index contributed by atoms with van der Waals surface area (Å²) in [6.45, 7) is 4.60. The quantitative estimate of drug-likeness (QED) is 0.720. The smallest absolute Gasteiger partial charge is 0.257 e. The molecule has 2 aromatic rings. The molecule has 2 rings (SSSR count). The molecule has 0 aliphatic rings. The summed E-state index contributed by atoms with van der Waals surface area (Å²) in [6.07, 6.45) is 0.889. The van der Waals surface area contributed by atoms with E-state index in [0.717, 1.165) is 12.0 Å². The molecule has 2 aromatic carbocycles. The summed E-state index contributed by atoms with van der Waals surface area (Å²) in [5.41, 5.74) is 2.90. The molecular formula is C19H21N3O2S. The second-order valence-electron chi connectivity index (χ2n) is 5.61. The largest absolute Gasteiger partial charge is 0.352 e. The summed E-state index contributed by atoms with van der Waals surface area (Å²) < 4.78 is 0. The number of hydrogen-bond acceptors (Lipinski definition) is 3. The first-order chi connectivity index (χ1) is 12.0. The highest BCUT2D eigenvalue weighted by Crippen LogP contribution is 2.10. The highest BCUT2D eigenvalue weighted by atomic mass is 32.1. The number of hydrogen-bond donors (Lipinski definition) is 3. The number of anilines is 1. The molecule has 6 heteroatoms. The van der Waals surface area contributed by atoms with Gasteiger partial charge in [-0.2, -0.15) is 0 Å². The van der Waals surface area contributed by atoms with E-state index in [1.54, 1.807) is 36.4 Å². The average molecular weight is 355 g/mol. The van der Waals surface area contributed by atoms with Crippen molar-refractivity contribution in [1.82, 2.24) is 10.6 Å². The third-order valence-corrected chi connectivity index (χ3v) is 3.69. The third kappa shape index (κ3) is 5.69. The van der Waals surface area contributed by atoms with Crippen LogP contribution in [0, 0.1) is 6.92 Å². The molecule has 2 amide bonds. The molecule has 0 aromatic heterocycles. The normalized spacial score (nSPS) is 10.0. The first-order valence-electron chi connectivity index (χ1n) is 8.07. The summed E-state index contributed by atoms with van der Waals surface area (Å²) in [5, 5.41) is 8.58. The van der Waals surface area contributed by atoms with Crippen molar-refractivity contribution in [3.8, 4) is 0 Å². The molecule has 0 saturated heterocycles. The van der Waals surface area contributed by atoms with Crippen LogP contribution in [0.4, 0.5) is 5.69 Å². The Morgan fingerprint density at radius 3 is 2.08 bits per heavy atom. The third-order valence-electron chi connectivity index (χ3n) is 3.48. The first-order valence-corrected chi connectivity index (χ1v) is 8.47. The lowest BCUT2D eigenvalue weighted by atomic mass is 10.1. The molecule has 5 nitrogen and oxygen atoms in total.